The fraction of sp³-hybridized carbons (Fsp3) is 0.304. The molecule has 0 spiro atoms. The van der Waals surface area contributed by atoms with Crippen molar-refractivity contribution < 1.29 is 14.7 Å². The zero-order valence-corrected chi connectivity index (χ0v) is 18.6. The number of carbonyl (C=O) groups excluding carboxylic acids is 2. The van der Waals surface area contributed by atoms with Gasteiger partial charge in [0.15, 0.2) is 0 Å². The van der Waals surface area contributed by atoms with Crippen molar-refractivity contribution in [1.82, 2.24) is 9.80 Å². The molecular formula is C23H26Cl2N2O3. The van der Waals surface area contributed by atoms with Crippen LogP contribution in [0.2, 0.25) is 5.02 Å². The van der Waals surface area contributed by atoms with Crippen LogP contribution in [-0.2, 0) is 9.59 Å². The van der Waals surface area contributed by atoms with Crippen LogP contribution in [0.5, 0.6) is 0 Å². The van der Waals surface area contributed by atoms with Gasteiger partial charge in [-0.05, 0) is 42.9 Å². The average Bonchev–Trinajstić information content (AvgIpc) is 3.00. The van der Waals surface area contributed by atoms with Gasteiger partial charge in [0.05, 0.1) is 11.6 Å². The average molecular weight is 449 g/mol. The van der Waals surface area contributed by atoms with Gasteiger partial charge in [-0.15, -0.1) is 12.4 Å². The van der Waals surface area contributed by atoms with Gasteiger partial charge >= 0.3 is 0 Å². The highest BCUT2D eigenvalue weighted by Crippen LogP contribution is 2.39. The van der Waals surface area contributed by atoms with Gasteiger partial charge in [-0.2, -0.15) is 0 Å². The van der Waals surface area contributed by atoms with Crippen molar-refractivity contribution in [2.24, 2.45) is 0 Å². The molecule has 0 bridgehead atoms. The van der Waals surface area contributed by atoms with Gasteiger partial charge in [-0.1, -0.05) is 55.8 Å². The lowest BCUT2D eigenvalue weighted by Gasteiger charge is -2.28. The number of Topliss-reactive ketones (excluding diaryl/α,β-unsaturated/α-hetero) is 1. The van der Waals surface area contributed by atoms with E-state index in [2.05, 4.69) is 18.7 Å². The highest BCUT2D eigenvalue weighted by atomic mass is 35.5. The SMILES string of the molecule is CCN(CC)CCN1C(=O)C(=O)C(=C(O)c2ccc(Cl)cc2)C1c1ccccc1.Cl. The zero-order chi connectivity index (χ0) is 21.0. The lowest BCUT2D eigenvalue weighted by Crippen LogP contribution is -2.38. The van der Waals surface area contributed by atoms with Gasteiger partial charge in [0, 0.05) is 23.7 Å². The number of aliphatic hydroxyl groups is 1. The summed E-state index contributed by atoms with van der Waals surface area (Å²) in [6, 6.07) is 15.3. The topological polar surface area (TPSA) is 60.9 Å². The van der Waals surface area contributed by atoms with Crippen molar-refractivity contribution in [3.8, 4) is 0 Å². The first-order valence-corrected chi connectivity index (χ1v) is 10.2. The van der Waals surface area contributed by atoms with E-state index in [1.165, 1.54) is 0 Å². The highest BCUT2D eigenvalue weighted by Gasteiger charge is 2.45. The Bertz CT molecular complexity index is 910. The number of hydrogen-bond acceptors (Lipinski definition) is 4. The van der Waals surface area contributed by atoms with E-state index >= 15 is 0 Å². The minimum atomic E-state index is -0.661. The Morgan fingerprint density at radius 1 is 1.03 bits per heavy atom. The first-order chi connectivity index (χ1) is 14.0. The highest BCUT2D eigenvalue weighted by molar-refractivity contribution is 6.46. The molecule has 0 saturated carbocycles. The number of benzene rings is 2. The van der Waals surface area contributed by atoms with Crippen LogP contribution in [-0.4, -0.2) is 52.8 Å². The fourth-order valence-corrected chi connectivity index (χ4v) is 3.77. The third-order valence-electron chi connectivity index (χ3n) is 5.32. The molecule has 0 radical (unpaired) electrons. The number of hydrogen-bond donors (Lipinski definition) is 1. The maximum atomic E-state index is 12.9. The summed E-state index contributed by atoms with van der Waals surface area (Å²) >= 11 is 5.94. The first kappa shape index (κ1) is 23.9. The molecule has 2 aromatic rings. The lowest BCUT2D eigenvalue weighted by molar-refractivity contribution is -0.140. The molecule has 3 rings (SSSR count). The van der Waals surface area contributed by atoms with E-state index in [9.17, 15) is 14.7 Å². The molecule has 1 N–H and O–H groups in total. The van der Waals surface area contributed by atoms with E-state index in [-0.39, 0.29) is 23.7 Å². The number of likely N-dealkylation sites (tertiary alicyclic amines) is 1. The number of amides is 1. The standard InChI is InChI=1S/C23H25ClN2O3.ClH/c1-3-25(4-2)14-15-26-20(16-8-6-5-7-9-16)19(22(28)23(26)29)21(27)17-10-12-18(24)13-11-17;/h5-13,20,27H,3-4,14-15H2,1-2H3;1H. The summed E-state index contributed by atoms with van der Waals surface area (Å²) in [6.07, 6.45) is 0. The van der Waals surface area contributed by atoms with E-state index in [1.54, 1.807) is 29.2 Å². The molecule has 7 heteroatoms. The third kappa shape index (κ3) is 4.86. The predicted octanol–water partition coefficient (Wildman–Crippen LogP) is 4.53. The van der Waals surface area contributed by atoms with Crippen molar-refractivity contribution in [2.75, 3.05) is 26.2 Å². The molecule has 0 aromatic heterocycles. The van der Waals surface area contributed by atoms with Crippen LogP contribution >= 0.6 is 24.0 Å². The molecule has 2 aromatic carbocycles. The number of nitrogens with zero attached hydrogens (tertiary/aromatic N) is 2. The molecule has 1 heterocycles. The van der Waals surface area contributed by atoms with E-state index in [4.69, 9.17) is 11.6 Å². The van der Waals surface area contributed by atoms with Crippen LogP contribution in [0.25, 0.3) is 5.76 Å². The van der Waals surface area contributed by atoms with Gasteiger partial charge in [-0.3, -0.25) is 9.59 Å². The van der Waals surface area contributed by atoms with Crippen molar-refractivity contribution in [3.05, 3.63) is 76.3 Å². The summed E-state index contributed by atoms with van der Waals surface area (Å²) in [7, 11) is 0. The van der Waals surface area contributed by atoms with Gasteiger partial charge in [0.2, 0.25) is 0 Å². The third-order valence-corrected chi connectivity index (χ3v) is 5.58. The molecule has 1 amide bonds. The van der Waals surface area contributed by atoms with Gasteiger partial charge in [0.25, 0.3) is 11.7 Å². The molecule has 1 aliphatic rings. The number of rotatable bonds is 7. The molecule has 0 aliphatic carbocycles. The minimum absolute atomic E-state index is 0. The number of likely N-dealkylation sites (N-methyl/N-ethyl adjacent to an activating group) is 1. The molecule has 5 nitrogen and oxygen atoms in total. The Hall–Kier alpha value is -2.34. The Morgan fingerprint density at radius 2 is 1.63 bits per heavy atom. The fourth-order valence-electron chi connectivity index (χ4n) is 3.64. The first-order valence-electron chi connectivity index (χ1n) is 9.79. The van der Waals surface area contributed by atoms with Crippen LogP contribution < -0.4 is 0 Å². The molecule has 1 aliphatic heterocycles. The van der Waals surface area contributed by atoms with Crippen LogP contribution in [0.1, 0.15) is 31.0 Å². The monoisotopic (exact) mass is 448 g/mol. The van der Waals surface area contributed by atoms with Gasteiger partial charge < -0.3 is 14.9 Å². The number of halogens is 2. The van der Waals surface area contributed by atoms with E-state index in [1.807, 2.05) is 30.3 Å². The summed E-state index contributed by atoms with van der Waals surface area (Å²) < 4.78 is 0. The summed E-state index contributed by atoms with van der Waals surface area (Å²) in [4.78, 5) is 29.5. The van der Waals surface area contributed by atoms with Crippen LogP contribution in [0.3, 0.4) is 0 Å². The molecule has 1 saturated heterocycles. The molecule has 1 fully saturated rings. The summed E-state index contributed by atoms with van der Waals surface area (Å²) in [5.41, 5.74) is 1.36. The van der Waals surface area contributed by atoms with E-state index in [0.717, 1.165) is 18.7 Å². The Kier molecular flexibility index (Phi) is 8.47. The second-order valence-corrected chi connectivity index (χ2v) is 7.37. The maximum Gasteiger partial charge on any atom is 0.295 e. The number of aliphatic hydroxyl groups excluding tert-OH is 1. The summed E-state index contributed by atoms with van der Waals surface area (Å²) in [5.74, 6) is -1.42. The van der Waals surface area contributed by atoms with E-state index in [0.29, 0.717) is 23.7 Å². The van der Waals surface area contributed by atoms with Gasteiger partial charge in [0.1, 0.15) is 5.76 Å². The lowest BCUT2D eigenvalue weighted by atomic mass is 9.95. The van der Waals surface area contributed by atoms with E-state index < -0.39 is 17.7 Å². The molecule has 30 heavy (non-hydrogen) atoms. The second-order valence-electron chi connectivity index (χ2n) is 6.94. The number of ketones is 1. The van der Waals surface area contributed by atoms with Crippen LogP contribution in [0.4, 0.5) is 0 Å². The van der Waals surface area contributed by atoms with Crippen molar-refractivity contribution >= 4 is 41.5 Å². The molecule has 1 unspecified atom stereocenters. The van der Waals surface area contributed by atoms with Crippen molar-refractivity contribution in [1.29, 1.82) is 0 Å². The second kappa shape index (κ2) is 10.6. The maximum absolute atomic E-state index is 12.9. The Balaban J connectivity index is 0.00000320. The number of carbonyl (C=O) groups is 2. The predicted molar refractivity (Wildman–Crippen MR) is 122 cm³/mol. The van der Waals surface area contributed by atoms with Crippen LogP contribution in [0, 0.1) is 0 Å². The minimum Gasteiger partial charge on any atom is -0.507 e. The Labute approximate surface area is 188 Å². The van der Waals surface area contributed by atoms with Crippen LogP contribution in [0.15, 0.2) is 60.2 Å². The smallest absolute Gasteiger partial charge is 0.295 e. The largest absolute Gasteiger partial charge is 0.507 e. The molecular weight excluding hydrogens is 423 g/mol. The zero-order valence-electron chi connectivity index (χ0n) is 17.0. The molecule has 1 atom stereocenters. The quantitative estimate of drug-likeness (QED) is 0.384. The van der Waals surface area contributed by atoms with Crippen molar-refractivity contribution in [2.45, 2.75) is 19.9 Å². The Morgan fingerprint density at radius 3 is 2.20 bits per heavy atom. The summed E-state index contributed by atoms with van der Waals surface area (Å²) in [5, 5.41) is 11.5. The van der Waals surface area contributed by atoms with Gasteiger partial charge in [-0.25, -0.2) is 0 Å². The molecule has 160 valence electrons. The summed E-state index contributed by atoms with van der Waals surface area (Å²) in [6.45, 7) is 6.91. The normalized spacial score (nSPS) is 18.0. The van der Waals surface area contributed by atoms with Crippen molar-refractivity contribution in [3.63, 3.8) is 0 Å².